The van der Waals surface area contributed by atoms with E-state index < -0.39 is 9.84 Å². The standard InChI is InChI=1S/C11H18N4O3S/c1-2-15-7-10(6-13-15)14-11(16)12-5-9-3-4-19(17,18)8-9/h6-7,9H,2-5,8H2,1H3,(H2,12,14,16)/t9-/m0/s1. The molecular weight excluding hydrogens is 268 g/mol. The molecule has 1 aromatic rings. The molecule has 2 rings (SSSR count). The number of rotatable bonds is 4. The molecular formula is C11H18N4O3S. The number of hydrogen-bond acceptors (Lipinski definition) is 4. The van der Waals surface area contributed by atoms with Crippen LogP contribution in [0.4, 0.5) is 10.5 Å². The van der Waals surface area contributed by atoms with Crippen molar-refractivity contribution < 1.29 is 13.2 Å². The largest absolute Gasteiger partial charge is 0.338 e. The Kier molecular flexibility index (Phi) is 4.08. The highest BCUT2D eigenvalue weighted by atomic mass is 32.2. The highest BCUT2D eigenvalue weighted by molar-refractivity contribution is 7.91. The quantitative estimate of drug-likeness (QED) is 0.841. The van der Waals surface area contributed by atoms with Crippen molar-refractivity contribution in [1.82, 2.24) is 15.1 Å². The van der Waals surface area contributed by atoms with E-state index in [2.05, 4.69) is 15.7 Å². The predicted octanol–water partition coefficient (Wildman–Crippen LogP) is 0.459. The van der Waals surface area contributed by atoms with E-state index in [9.17, 15) is 13.2 Å². The molecule has 0 spiro atoms. The number of amides is 2. The average Bonchev–Trinajstić information content (AvgIpc) is 2.93. The number of aryl methyl sites for hydroxylation is 1. The Morgan fingerprint density at radius 1 is 1.58 bits per heavy atom. The van der Waals surface area contributed by atoms with Gasteiger partial charge in [0.2, 0.25) is 0 Å². The molecule has 0 radical (unpaired) electrons. The maximum absolute atomic E-state index is 11.6. The van der Waals surface area contributed by atoms with Crippen LogP contribution in [-0.2, 0) is 16.4 Å². The van der Waals surface area contributed by atoms with Crippen LogP contribution in [0.25, 0.3) is 0 Å². The highest BCUT2D eigenvalue weighted by Gasteiger charge is 2.27. The number of carbonyl (C=O) groups excluding carboxylic acids is 1. The van der Waals surface area contributed by atoms with Gasteiger partial charge in [0.25, 0.3) is 0 Å². The summed E-state index contributed by atoms with van der Waals surface area (Å²) >= 11 is 0. The molecule has 19 heavy (non-hydrogen) atoms. The molecule has 7 nitrogen and oxygen atoms in total. The molecule has 1 saturated heterocycles. The molecule has 1 fully saturated rings. The second-order valence-corrected chi connectivity index (χ2v) is 6.92. The third kappa shape index (κ3) is 3.95. The van der Waals surface area contributed by atoms with Crippen molar-refractivity contribution in [1.29, 1.82) is 0 Å². The summed E-state index contributed by atoms with van der Waals surface area (Å²) in [7, 11) is -2.89. The van der Waals surface area contributed by atoms with Crippen molar-refractivity contribution in [2.24, 2.45) is 5.92 Å². The van der Waals surface area contributed by atoms with Crippen LogP contribution in [0, 0.1) is 5.92 Å². The first-order chi connectivity index (χ1) is 8.98. The lowest BCUT2D eigenvalue weighted by molar-refractivity contribution is 0.250. The molecule has 2 N–H and O–H groups in total. The molecule has 8 heteroatoms. The molecule has 1 aliphatic heterocycles. The van der Waals surface area contributed by atoms with E-state index >= 15 is 0 Å². The van der Waals surface area contributed by atoms with Gasteiger partial charge in [-0.1, -0.05) is 0 Å². The summed E-state index contributed by atoms with van der Waals surface area (Å²) in [6, 6.07) is -0.333. The van der Waals surface area contributed by atoms with E-state index in [4.69, 9.17) is 0 Å². The molecule has 0 aromatic carbocycles. The fourth-order valence-corrected chi connectivity index (χ4v) is 3.91. The van der Waals surface area contributed by atoms with Gasteiger partial charge in [0, 0.05) is 19.3 Å². The molecule has 0 unspecified atom stereocenters. The van der Waals surface area contributed by atoms with Crippen molar-refractivity contribution in [3.8, 4) is 0 Å². The smallest absolute Gasteiger partial charge is 0.319 e. The normalized spacial score (nSPS) is 21.2. The molecule has 0 aliphatic carbocycles. The molecule has 1 aliphatic rings. The number of sulfone groups is 1. The number of nitrogens with zero attached hydrogens (tertiary/aromatic N) is 2. The van der Waals surface area contributed by atoms with Gasteiger partial charge < -0.3 is 10.6 Å². The van der Waals surface area contributed by atoms with Crippen LogP contribution < -0.4 is 10.6 Å². The van der Waals surface area contributed by atoms with Gasteiger partial charge in [-0.2, -0.15) is 5.10 Å². The third-order valence-corrected chi connectivity index (χ3v) is 4.93. The zero-order valence-corrected chi connectivity index (χ0v) is 11.6. The van der Waals surface area contributed by atoms with E-state index in [-0.39, 0.29) is 23.5 Å². The van der Waals surface area contributed by atoms with Gasteiger partial charge in [0.15, 0.2) is 9.84 Å². The van der Waals surface area contributed by atoms with Crippen molar-refractivity contribution in [3.05, 3.63) is 12.4 Å². The number of anilines is 1. The zero-order valence-electron chi connectivity index (χ0n) is 10.8. The van der Waals surface area contributed by atoms with Crippen molar-refractivity contribution in [2.75, 3.05) is 23.4 Å². The summed E-state index contributed by atoms with van der Waals surface area (Å²) in [5, 5.41) is 9.38. The molecule has 2 amide bonds. The average molecular weight is 286 g/mol. The summed E-state index contributed by atoms with van der Waals surface area (Å²) in [6.07, 6.45) is 3.93. The third-order valence-electron chi connectivity index (χ3n) is 3.09. The molecule has 0 bridgehead atoms. The number of urea groups is 1. The van der Waals surface area contributed by atoms with Crippen molar-refractivity contribution in [3.63, 3.8) is 0 Å². The molecule has 1 atom stereocenters. The maximum Gasteiger partial charge on any atom is 0.319 e. The predicted molar refractivity (Wildman–Crippen MR) is 71.7 cm³/mol. The zero-order chi connectivity index (χ0) is 13.9. The van der Waals surface area contributed by atoms with Gasteiger partial charge in [0.05, 0.1) is 23.4 Å². The Bertz CT molecular complexity index is 552. The van der Waals surface area contributed by atoms with Crippen LogP contribution in [0.3, 0.4) is 0 Å². The summed E-state index contributed by atoms with van der Waals surface area (Å²) < 4.78 is 24.3. The van der Waals surface area contributed by atoms with Crippen molar-refractivity contribution >= 4 is 21.6 Å². The first kappa shape index (κ1) is 13.9. The van der Waals surface area contributed by atoms with E-state index in [1.807, 2.05) is 6.92 Å². The summed E-state index contributed by atoms with van der Waals surface area (Å²) in [5.41, 5.74) is 0.624. The van der Waals surface area contributed by atoms with Gasteiger partial charge in [0.1, 0.15) is 0 Å². The molecule has 106 valence electrons. The fourth-order valence-electron chi connectivity index (χ4n) is 2.05. The monoisotopic (exact) mass is 286 g/mol. The Morgan fingerprint density at radius 2 is 2.37 bits per heavy atom. The van der Waals surface area contributed by atoms with E-state index in [0.717, 1.165) is 6.54 Å². The minimum Gasteiger partial charge on any atom is -0.338 e. The lowest BCUT2D eigenvalue weighted by Gasteiger charge is -2.09. The van der Waals surface area contributed by atoms with Crippen LogP contribution in [0.15, 0.2) is 12.4 Å². The Labute approximate surface area is 112 Å². The van der Waals surface area contributed by atoms with Crippen molar-refractivity contribution in [2.45, 2.75) is 19.9 Å². The summed E-state index contributed by atoms with van der Waals surface area (Å²) in [4.78, 5) is 11.6. The first-order valence-corrected chi connectivity index (χ1v) is 8.08. The number of hydrogen-bond donors (Lipinski definition) is 2. The minimum absolute atomic E-state index is 0.0223. The van der Waals surface area contributed by atoms with Crippen LogP contribution in [0.1, 0.15) is 13.3 Å². The van der Waals surface area contributed by atoms with Gasteiger partial charge >= 0.3 is 6.03 Å². The minimum atomic E-state index is -2.89. The first-order valence-electron chi connectivity index (χ1n) is 6.26. The van der Waals surface area contributed by atoms with E-state index in [0.29, 0.717) is 18.7 Å². The van der Waals surface area contributed by atoms with Crippen LogP contribution >= 0.6 is 0 Å². The fraction of sp³-hybridized carbons (Fsp3) is 0.636. The number of carbonyl (C=O) groups is 1. The SMILES string of the molecule is CCn1cc(NC(=O)NC[C@@H]2CCS(=O)(=O)C2)cn1. The molecule has 2 heterocycles. The second kappa shape index (κ2) is 5.60. The van der Waals surface area contributed by atoms with Crippen LogP contribution in [-0.4, -0.2) is 42.3 Å². The number of aromatic nitrogens is 2. The van der Waals surface area contributed by atoms with Crippen LogP contribution in [0.5, 0.6) is 0 Å². The number of nitrogens with one attached hydrogen (secondary N) is 2. The van der Waals surface area contributed by atoms with Gasteiger partial charge in [-0.25, -0.2) is 13.2 Å². The molecule has 0 saturated carbocycles. The van der Waals surface area contributed by atoms with Gasteiger partial charge in [-0.15, -0.1) is 0 Å². The Hall–Kier alpha value is -1.57. The second-order valence-electron chi connectivity index (χ2n) is 4.69. The van der Waals surface area contributed by atoms with Gasteiger partial charge in [-0.05, 0) is 19.3 Å². The topological polar surface area (TPSA) is 93.1 Å². The Morgan fingerprint density at radius 3 is 2.95 bits per heavy atom. The highest BCUT2D eigenvalue weighted by Crippen LogP contribution is 2.17. The van der Waals surface area contributed by atoms with E-state index in [1.54, 1.807) is 17.1 Å². The summed E-state index contributed by atoms with van der Waals surface area (Å²) in [5.74, 6) is 0.416. The van der Waals surface area contributed by atoms with E-state index in [1.165, 1.54) is 0 Å². The van der Waals surface area contributed by atoms with Crippen LogP contribution in [0.2, 0.25) is 0 Å². The summed E-state index contributed by atoms with van der Waals surface area (Å²) in [6.45, 7) is 3.08. The lowest BCUT2D eigenvalue weighted by atomic mass is 10.1. The van der Waals surface area contributed by atoms with Gasteiger partial charge in [-0.3, -0.25) is 4.68 Å². The lowest BCUT2D eigenvalue weighted by Crippen LogP contribution is -2.33. The maximum atomic E-state index is 11.6. The molecule has 1 aromatic heterocycles. The Balaban J connectivity index is 1.76.